The number of rotatable bonds is 4. The summed E-state index contributed by atoms with van der Waals surface area (Å²) in [6.45, 7) is 3.24. The van der Waals surface area contributed by atoms with Gasteiger partial charge in [0.2, 0.25) is 0 Å². The summed E-state index contributed by atoms with van der Waals surface area (Å²) >= 11 is 0. The first-order valence-corrected chi connectivity index (χ1v) is 7.58. The SMILES string of the molecule is CCCC1(C(=O)C2CCCCCC2)CCCN1. The molecule has 0 aromatic carbocycles. The van der Waals surface area contributed by atoms with Crippen molar-refractivity contribution in [1.82, 2.24) is 5.32 Å². The Labute approximate surface area is 106 Å². The fourth-order valence-electron chi connectivity index (χ4n) is 3.71. The van der Waals surface area contributed by atoms with E-state index in [4.69, 9.17) is 0 Å². The average molecular weight is 237 g/mol. The van der Waals surface area contributed by atoms with Gasteiger partial charge in [0.05, 0.1) is 5.54 Å². The maximum Gasteiger partial charge on any atom is 0.155 e. The molecule has 2 heteroatoms. The lowest BCUT2D eigenvalue weighted by molar-refractivity contribution is -0.129. The molecular formula is C15H27NO. The molecule has 0 radical (unpaired) electrons. The standard InChI is InChI=1S/C15H27NO/c1-2-10-15(11-7-12-16-15)14(17)13-8-5-3-4-6-9-13/h13,16H,2-12H2,1H3. The summed E-state index contributed by atoms with van der Waals surface area (Å²) < 4.78 is 0. The Morgan fingerprint density at radius 3 is 2.41 bits per heavy atom. The minimum absolute atomic E-state index is 0.135. The maximum absolute atomic E-state index is 12.8. The van der Waals surface area contributed by atoms with Crippen LogP contribution in [0.3, 0.4) is 0 Å². The number of carbonyl (C=O) groups is 1. The summed E-state index contributed by atoms with van der Waals surface area (Å²) in [5.74, 6) is 0.911. The minimum Gasteiger partial charge on any atom is -0.305 e. The molecule has 17 heavy (non-hydrogen) atoms. The molecular weight excluding hydrogens is 210 g/mol. The molecule has 1 unspecified atom stereocenters. The van der Waals surface area contributed by atoms with Gasteiger partial charge in [0.15, 0.2) is 5.78 Å². The van der Waals surface area contributed by atoms with E-state index >= 15 is 0 Å². The van der Waals surface area contributed by atoms with E-state index in [0.29, 0.717) is 11.7 Å². The molecule has 1 aliphatic heterocycles. The first-order chi connectivity index (χ1) is 8.28. The van der Waals surface area contributed by atoms with E-state index in [1.165, 1.54) is 32.1 Å². The van der Waals surface area contributed by atoms with Crippen molar-refractivity contribution >= 4 is 5.78 Å². The normalized spacial score (nSPS) is 31.4. The van der Waals surface area contributed by atoms with Crippen molar-refractivity contribution < 1.29 is 4.79 Å². The van der Waals surface area contributed by atoms with Gasteiger partial charge in [-0.15, -0.1) is 0 Å². The van der Waals surface area contributed by atoms with Crippen molar-refractivity contribution in [2.45, 2.75) is 76.7 Å². The second-order valence-electron chi connectivity index (χ2n) is 5.92. The van der Waals surface area contributed by atoms with Gasteiger partial charge in [0.25, 0.3) is 0 Å². The zero-order chi connectivity index (χ0) is 12.1. The topological polar surface area (TPSA) is 29.1 Å². The van der Waals surface area contributed by atoms with Gasteiger partial charge in [-0.3, -0.25) is 4.79 Å². The predicted octanol–water partition coefficient (Wildman–Crippen LogP) is 3.45. The Morgan fingerprint density at radius 1 is 1.18 bits per heavy atom. The molecule has 98 valence electrons. The number of carbonyl (C=O) groups excluding carboxylic acids is 1. The van der Waals surface area contributed by atoms with Crippen molar-refractivity contribution in [1.29, 1.82) is 0 Å². The van der Waals surface area contributed by atoms with Crippen LogP contribution in [0.4, 0.5) is 0 Å². The predicted molar refractivity (Wildman–Crippen MR) is 71.1 cm³/mol. The summed E-state index contributed by atoms with van der Waals surface area (Å²) in [4.78, 5) is 12.8. The lowest BCUT2D eigenvalue weighted by Crippen LogP contribution is -2.50. The highest BCUT2D eigenvalue weighted by molar-refractivity contribution is 5.90. The summed E-state index contributed by atoms with van der Waals surface area (Å²) in [6, 6.07) is 0. The van der Waals surface area contributed by atoms with E-state index in [-0.39, 0.29) is 5.54 Å². The summed E-state index contributed by atoms with van der Waals surface area (Å²) in [5, 5.41) is 3.54. The number of ketones is 1. The fraction of sp³-hybridized carbons (Fsp3) is 0.933. The molecule has 1 aliphatic carbocycles. The van der Waals surface area contributed by atoms with Gasteiger partial charge >= 0.3 is 0 Å². The molecule has 0 aromatic rings. The number of hydrogen-bond acceptors (Lipinski definition) is 2. The van der Waals surface area contributed by atoms with Crippen LogP contribution in [-0.2, 0) is 4.79 Å². The number of hydrogen-bond donors (Lipinski definition) is 1. The van der Waals surface area contributed by atoms with E-state index in [1.54, 1.807) is 0 Å². The number of nitrogens with one attached hydrogen (secondary N) is 1. The van der Waals surface area contributed by atoms with Crippen LogP contribution < -0.4 is 5.32 Å². The van der Waals surface area contributed by atoms with Gasteiger partial charge < -0.3 is 5.32 Å². The fourth-order valence-corrected chi connectivity index (χ4v) is 3.71. The van der Waals surface area contributed by atoms with Gasteiger partial charge in [-0.25, -0.2) is 0 Å². The first kappa shape index (κ1) is 13.1. The van der Waals surface area contributed by atoms with E-state index in [0.717, 1.165) is 38.6 Å². The van der Waals surface area contributed by atoms with E-state index in [9.17, 15) is 4.79 Å². The van der Waals surface area contributed by atoms with Gasteiger partial charge in [0.1, 0.15) is 0 Å². The highest BCUT2D eigenvalue weighted by atomic mass is 16.1. The minimum atomic E-state index is -0.135. The third kappa shape index (κ3) is 2.90. The molecule has 2 fully saturated rings. The average Bonchev–Trinajstić information content (AvgIpc) is 2.65. The summed E-state index contributed by atoms with van der Waals surface area (Å²) in [7, 11) is 0. The van der Waals surface area contributed by atoms with Gasteiger partial charge in [-0.2, -0.15) is 0 Å². The molecule has 1 N–H and O–H groups in total. The van der Waals surface area contributed by atoms with Crippen LogP contribution in [-0.4, -0.2) is 17.9 Å². The zero-order valence-electron chi connectivity index (χ0n) is 11.3. The summed E-state index contributed by atoms with van der Waals surface area (Å²) in [6.07, 6.45) is 11.9. The van der Waals surface area contributed by atoms with Gasteiger partial charge in [-0.1, -0.05) is 39.0 Å². The molecule has 1 saturated carbocycles. The van der Waals surface area contributed by atoms with Crippen LogP contribution in [0, 0.1) is 5.92 Å². The maximum atomic E-state index is 12.8. The molecule has 0 amide bonds. The quantitative estimate of drug-likeness (QED) is 0.759. The van der Waals surface area contributed by atoms with Gasteiger partial charge in [0, 0.05) is 5.92 Å². The highest BCUT2D eigenvalue weighted by Crippen LogP contribution is 2.33. The Balaban J connectivity index is 2.04. The van der Waals surface area contributed by atoms with Crippen LogP contribution in [0.1, 0.15) is 71.1 Å². The van der Waals surface area contributed by atoms with E-state index < -0.39 is 0 Å². The Hall–Kier alpha value is -0.370. The van der Waals surface area contributed by atoms with Crippen LogP contribution in [0.15, 0.2) is 0 Å². The third-order valence-electron chi connectivity index (χ3n) is 4.62. The molecule has 2 rings (SSSR count). The number of Topliss-reactive ketones (excluding diaryl/α,β-unsaturated/α-hetero) is 1. The molecule has 0 aromatic heterocycles. The molecule has 0 bridgehead atoms. The Morgan fingerprint density at radius 2 is 1.88 bits per heavy atom. The molecule has 2 aliphatic rings. The molecule has 0 spiro atoms. The molecule has 1 heterocycles. The smallest absolute Gasteiger partial charge is 0.155 e. The van der Waals surface area contributed by atoms with Crippen LogP contribution in [0.5, 0.6) is 0 Å². The zero-order valence-corrected chi connectivity index (χ0v) is 11.3. The van der Waals surface area contributed by atoms with E-state index in [1.807, 2.05) is 0 Å². The van der Waals surface area contributed by atoms with Gasteiger partial charge in [-0.05, 0) is 38.6 Å². The van der Waals surface area contributed by atoms with E-state index in [2.05, 4.69) is 12.2 Å². The van der Waals surface area contributed by atoms with Crippen molar-refractivity contribution in [3.8, 4) is 0 Å². The molecule has 2 nitrogen and oxygen atoms in total. The monoisotopic (exact) mass is 237 g/mol. The Kier molecular flexibility index (Phi) is 4.61. The lowest BCUT2D eigenvalue weighted by atomic mass is 9.78. The lowest BCUT2D eigenvalue weighted by Gasteiger charge is -2.31. The van der Waals surface area contributed by atoms with Crippen molar-refractivity contribution in [2.24, 2.45) is 5.92 Å². The highest BCUT2D eigenvalue weighted by Gasteiger charge is 2.42. The van der Waals surface area contributed by atoms with Crippen LogP contribution in [0.25, 0.3) is 0 Å². The van der Waals surface area contributed by atoms with Crippen LogP contribution in [0.2, 0.25) is 0 Å². The van der Waals surface area contributed by atoms with Crippen molar-refractivity contribution in [3.05, 3.63) is 0 Å². The van der Waals surface area contributed by atoms with Crippen molar-refractivity contribution in [3.63, 3.8) is 0 Å². The summed E-state index contributed by atoms with van der Waals surface area (Å²) in [5.41, 5.74) is -0.135. The largest absolute Gasteiger partial charge is 0.305 e. The second-order valence-corrected chi connectivity index (χ2v) is 5.92. The van der Waals surface area contributed by atoms with Crippen LogP contribution >= 0.6 is 0 Å². The third-order valence-corrected chi connectivity index (χ3v) is 4.62. The Bertz CT molecular complexity index is 248. The molecule has 1 saturated heterocycles. The second kappa shape index (κ2) is 5.99. The molecule has 1 atom stereocenters. The first-order valence-electron chi connectivity index (χ1n) is 7.58. The van der Waals surface area contributed by atoms with Crippen molar-refractivity contribution in [2.75, 3.05) is 6.54 Å².